The van der Waals surface area contributed by atoms with Crippen molar-refractivity contribution in [3.8, 4) is 11.5 Å². The van der Waals surface area contributed by atoms with E-state index in [2.05, 4.69) is 24.0 Å². The number of hydrogen-bond donors (Lipinski definition) is 1. The van der Waals surface area contributed by atoms with Crippen molar-refractivity contribution in [2.75, 3.05) is 26.2 Å². The van der Waals surface area contributed by atoms with Gasteiger partial charge in [0.1, 0.15) is 24.2 Å². The van der Waals surface area contributed by atoms with Crippen LogP contribution in [-0.4, -0.2) is 42.1 Å². The topological polar surface area (TPSA) is 77.5 Å². The quantitative estimate of drug-likeness (QED) is 0.0905. The van der Waals surface area contributed by atoms with Crippen molar-refractivity contribution < 1.29 is 28.0 Å². The Morgan fingerprint density at radius 2 is 1.53 bits per heavy atom. The number of benzene rings is 2. The fraction of sp³-hybridized carbons (Fsp3) is 0.588. The van der Waals surface area contributed by atoms with Crippen LogP contribution < -0.4 is 9.26 Å². The van der Waals surface area contributed by atoms with E-state index < -0.39 is 13.9 Å². The summed E-state index contributed by atoms with van der Waals surface area (Å²) in [5.74, 6) is 1.90. The largest absolute Gasteiger partial charge is 0.527 e. The molecule has 2 aromatic rings. The molecule has 0 saturated carbocycles. The Balaban J connectivity index is 1.27. The number of phosphoric ester groups is 1. The Bertz CT molecular complexity index is 1100. The molecule has 240 valence electrons. The molecule has 0 radical (unpaired) electrons. The summed E-state index contributed by atoms with van der Waals surface area (Å²) in [6, 6.07) is 15.3. The van der Waals surface area contributed by atoms with Crippen LogP contribution >= 0.6 is 19.6 Å². The third kappa shape index (κ3) is 15.6. The minimum Gasteiger partial charge on any atom is -0.491 e. The summed E-state index contributed by atoms with van der Waals surface area (Å²) in [5, 5.41) is 2.04. The maximum absolute atomic E-state index is 12.6. The van der Waals surface area contributed by atoms with E-state index >= 15 is 0 Å². The van der Waals surface area contributed by atoms with Crippen molar-refractivity contribution in [2.45, 2.75) is 103 Å². The molecular weight excluding hydrogens is 581 g/mol. The molecule has 2 aromatic carbocycles. The number of ether oxygens (including phenoxy) is 2. The molecule has 0 saturated heterocycles. The van der Waals surface area contributed by atoms with Crippen molar-refractivity contribution in [2.24, 2.45) is 0 Å². The highest BCUT2D eigenvalue weighted by Crippen LogP contribution is 2.44. The highest BCUT2D eigenvalue weighted by atomic mass is 32.2. The van der Waals surface area contributed by atoms with Crippen LogP contribution in [0.15, 0.2) is 60.1 Å². The Morgan fingerprint density at radius 1 is 0.860 bits per heavy atom. The van der Waals surface area contributed by atoms with Crippen LogP contribution in [0.3, 0.4) is 0 Å². The molecule has 0 aromatic heterocycles. The average molecular weight is 634 g/mol. The second kappa shape index (κ2) is 20.9. The van der Waals surface area contributed by atoms with E-state index in [1.807, 2.05) is 29.8 Å². The molecule has 1 heterocycles. The van der Waals surface area contributed by atoms with Crippen LogP contribution in [0.4, 0.5) is 0 Å². The maximum Gasteiger partial charge on any atom is 0.527 e. The van der Waals surface area contributed by atoms with Crippen molar-refractivity contribution in [1.82, 2.24) is 4.90 Å². The lowest BCUT2D eigenvalue weighted by atomic mass is 10.0. The summed E-state index contributed by atoms with van der Waals surface area (Å²) >= 11 is 1.73. The minimum atomic E-state index is -4.34. The molecule has 0 amide bonds. The predicted octanol–water partition coefficient (Wildman–Crippen LogP) is 9.50. The molecule has 7 nitrogen and oxygen atoms in total. The lowest BCUT2D eigenvalue weighted by molar-refractivity contribution is 0.0161. The standard InChI is InChI=1S/C34H52NO6PS/c1-3-4-5-6-7-8-9-10-11-12-13-14-16-30-19-21-32(22-20-30)39-27-34(38-2)28-40-42(36,37)41-33-18-15-17-31(25-33)26-35-23-24-43-29-35/h15,17-25,34H,3-14,16,26-29H2,1-2H3,(H,36,37). The number of methoxy groups -OCH3 is 1. The zero-order valence-corrected chi connectivity index (χ0v) is 27.9. The fourth-order valence-corrected chi connectivity index (χ4v) is 6.48. The van der Waals surface area contributed by atoms with Gasteiger partial charge in [-0.15, -0.1) is 11.8 Å². The molecule has 0 aliphatic carbocycles. The van der Waals surface area contributed by atoms with Crippen LogP contribution in [0.1, 0.15) is 95.1 Å². The monoisotopic (exact) mass is 633 g/mol. The molecule has 0 fully saturated rings. The predicted molar refractivity (Wildman–Crippen MR) is 178 cm³/mol. The molecule has 1 aliphatic heterocycles. The van der Waals surface area contributed by atoms with E-state index in [1.54, 1.807) is 30.0 Å². The summed E-state index contributed by atoms with van der Waals surface area (Å²) in [4.78, 5) is 12.4. The first kappa shape index (κ1) is 35.5. The van der Waals surface area contributed by atoms with E-state index in [9.17, 15) is 9.46 Å². The second-order valence-corrected chi connectivity index (χ2v) is 13.5. The molecule has 0 spiro atoms. The summed E-state index contributed by atoms with van der Waals surface area (Å²) in [6.45, 7) is 3.01. The number of rotatable bonds is 24. The number of nitrogens with zero attached hydrogens (tertiary/aromatic N) is 1. The molecule has 1 N–H and O–H groups in total. The normalized spacial score (nSPS) is 15.0. The van der Waals surface area contributed by atoms with Gasteiger partial charge >= 0.3 is 7.82 Å². The van der Waals surface area contributed by atoms with Gasteiger partial charge in [0.2, 0.25) is 0 Å². The van der Waals surface area contributed by atoms with Gasteiger partial charge in [-0.3, -0.25) is 9.42 Å². The minimum absolute atomic E-state index is 0.142. The van der Waals surface area contributed by atoms with E-state index in [-0.39, 0.29) is 19.0 Å². The van der Waals surface area contributed by atoms with Crippen molar-refractivity contribution >= 4 is 19.6 Å². The molecule has 2 unspecified atom stereocenters. The first-order chi connectivity index (χ1) is 21.0. The number of thioether (sulfide) groups is 1. The highest BCUT2D eigenvalue weighted by molar-refractivity contribution is 8.02. The summed E-state index contributed by atoms with van der Waals surface area (Å²) in [6.07, 6.45) is 18.9. The van der Waals surface area contributed by atoms with Crippen LogP contribution in [0.5, 0.6) is 11.5 Å². The molecule has 9 heteroatoms. The van der Waals surface area contributed by atoms with Crippen LogP contribution in [0, 0.1) is 0 Å². The van der Waals surface area contributed by atoms with Gasteiger partial charge in [0.05, 0.1) is 12.5 Å². The summed E-state index contributed by atoms with van der Waals surface area (Å²) in [5.41, 5.74) is 2.29. The number of aryl methyl sites for hydroxylation is 1. The van der Waals surface area contributed by atoms with Gasteiger partial charge in [0.15, 0.2) is 0 Å². The van der Waals surface area contributed by atoms with Gasteiger partial charge in [-0.05, 0) is 53.6 Å². The number of phosphoric acid groups is 1. The van der Waals surface area contributed by atoms with Crippen LogP contribution in [0.25, 0.3) is 0 Å². The SMILES string of the molecule is CCCCCCCCCCCCCCc1ccc(OCC(COP(=O)(O)Oc2cccc(CN3C=CSC3)c2)OC)cc1. The van der Waals surface area contributed by atoms with E-state index in [0.29, 0.717) is 6.54 Å². The molecule has 3 rings (SSSR count). The van der Waals surface area contributed by atoms with E-state index in [4.69, 9.17) is 18.5 Å². The Kier molecular flexibility index (Phi) is 17.3. The fourth-order valence-electron chi connectivity index (χ4n) is 4.98. The average Bonchev–Trinajstić information content (AvgIpc) is 3.51. The first-order valence-corrected chi connectivity index (χ1v) is 18.5. The van der Waals surface area contributed by atoms with Crippen molar-refractivity contribution in [1.29, 1.82) is 0 Å². The van der Waals surface area contributed by atoms with Gasteiger partial charge in [-0.1, -0.05) is 102 Å². The summed E-state index contributed by atoms with van der Waals surface area (Å²) in [7, 11) is -2.81. The first-order valence-electron chi connectivity index (χ1n) is 16.0. The Hall–Kier alpha value is -1.96. The Morgan fingerprint density at radius 3 is 2.16 bits per heavy atom. The van der Waals surface area contributed by atoms with E-state index in [0.717, 1.165) is 23.6 Å². The van der Waals surface area contributed by atoms with E-state index in [1.165, 1.54) is 89.7 Å². The van der Waals surface area contributed by atoms with Crippen molar-refractivity contribution in [3.63, 3.8) is 0 Å². The molecule has 43 heavy (non-hydrogen) atoms. The van der Waals surface area contributed by atoms with Gasteiger partial charge in [0.25, 0.3) is 0 Å². The molecule has 0 bridgehead atoms. The van der Waals surface area contributed by atoms with Crippen molar-refractivity contribution in [3.05, 3.63) is 71.3 Å². The summed E-state index contributed by atoms with van der Waals surface area (Å²) < 4.78 is 34.4. The maximum atomic E-state index is 12.6. The number of unbranched alkanes of at least 4 members (excludes halogenated alkanes) is 11. The zero-order chi connectivity index (χ0) is 30.6. The smallest absolute Gasteiger partial charge is 0.491 e. The van der Waals surface area contributed by atoms with Gasteiger partial charge < -0.3 is 18.9 Å². The Labute approximate surface area is 264 Å². The zero-order valence-electron chi connectivity index (χ0n) is 26.2. The van der Waals surface area contributed by atoms with Gasteiger partial charge in [-0.25, -0.2) is 4.57 Å². The lowest BCUT2D eigenvalue weighted by Crippen LogP contribution is -2.25. The molecular formula is C34H52NO6PS. The van der Waals surface area contributed by atoms with Crippen LogP contribution in [0.2, 0.25) is 0 Å². The van der Waals surface area contributed by atoms with Gasteiger partial charge in [-0.2, -0.15) is 0 Å². The highest BCUT2D eigenvalue weighted by Gasteiger charge is 2.25. The number of hydrogen-bond acceptors (Lipinski definition) is 7. The van der Waals surface area contributed by atoms with Gasteiger partial charge in [0, 0.05) is 19.9 Å². The van der Waals surface area contributed by atoms with Crippen LogP contribution in [-0.2, 0) is 26.8 Å². The molecule has 1 aliphatic rings. The third-order valence-electron chi connectivity index (χ3n) is 7.55. The molecule has 2 atom stereocenters. The second-order valence-electron chi connectivity index (χ2n) is 11.3. The lowest BCUT2D eigenvalue weighted by Gasteiger charge is -2.19. The third-order valence-corrected chi connectivity index (χ3v) is 9.26.